The number of rotatable bonds is 4. The van der Waals surface area contributed by atoms with Gasteiger partial charge < -0.3 is 15.5 Å². The molecule has 3 heteroatoms. The summed E-state index contributed by atoms with van der Waals surface area (Å²) in [7, 11) is 0. The third-order valence-corrected chi connectivity index (χ3v) is 2.87. The molecule has 0 aromatic heterocycles. The summed E-state index contributed by atoms with van der Waals surface area (Å²) in [4.78, 5) is 0. The molecule has 3 N–H and O–H groups in total. The van der Waals surface area contributed by atoms with Crippen LogP contribution >= 0.6 is 0 Å². The zero-order valence-corrected chi connectivity index (χ0v) is 8.37. The molecule has 1 rings (SSSR count). The van der Waals surface area contributed by atoms with E-state index in [4.69, 9.17) is 10.2 Å². The van der Waals surface area contributed by atoms with Crippen LogP contribution < -0.4 is 5.32 Å². The molecule has 0 amide bonds. The van der Waals surface area contributed by atoms with Gasteiger partial charge >= 0.3 is 0 Å². The molecule has 3 nitrogen and oxygen atoms in total. The summed E-state index contributed by atoms with van der Waals surface area (Å²) in [6, 6.07) is 0.553. The Balaban J connectivity index is 2.08. The van der Waals surface area contributed by atoms with Crippen molar-refractivity contribution in [3.8, 4) is 0 Å². The van der Waals surface area contributed by atoms with E-state index in [1.165, 1.54) is 25.7 Å². The highest BCUT2D eigenvalue weighted by molar-refractivity contribution is 4.76. The summed E-state index contributed by atoms with van der Waals surface area (Å²) < 4.78 is 0. The van der Waals surface area contributed by atoms with E-state index in [1.807, 2.05) is 0 Å². The predicted molar refractivity (Wildman–Crippen MR) is 52.5 cm³/mol. The number of aliphatic hydroxyl groups is 2. The summed E-state index contributed by atoms with van der Waals surface area (Å²) in [5, 5.41) is 21.0. The zero-order chi connectivity index (χ0) is 9.68. The Labute approximate surface area is 80.2 Å². The zero-order valence-electron chi connectivity index (χ0n) is 8.37. The molecule has 0 aliphatic heterocycles. The molecule has 0 aromatic carbocycles. The van der Waals surface area contributed by atoms with Crippen LogP contribution in [0.4, 0.5) is 0 Å². The van der Waals surface area contributed by atoms with Gasteiger partial charge in [-0.25, -0.2) is 0 Å². The van der Waals surface area contributed by atoms with E-state index in [0.717, 1.165) is 5.92 Å². The van der Waals surface area contributed by atoms with Crippen LogP contribution in [0.3, 0.4) is 0 Å². The smallest absolute Gasteiger partial charge is 0.0895 e. The summed E-state index contributed by atoms with van der Waals surface area (Å²) in [6.07, 6.45) is 4.39. The fourth-order valence-electron chi connectivity index (χ4n) is 1.83. The maximum atomic E-state index is 9.13. The van der Waals surface area contributed by atoms with Crippen LogP contribution in [-0.2, 0) is 0 Å². The molecule has 1 aliphatic carbocycles. The minimum absolute atomic E-state index is 0.143. The molecule has 1 unspecified atom stereocenters. The lowest BCUT2D eigenvalue weighted by Gasteiger charge is -2.27. The van der Waals surface area contributed by atoms with Gasteiger partial charge in [0, 0.05) is 12.6 Å². The van der Waals surface area contributed by atoms with Crippen LogP contribution in [0.5, 0.6) is 0 Å². The highest BCUT2D eigenvalue weighted by Crippen LogP contribution is 2.23. The van der Waals surface area contributed by atoms with Crippen molar-refractivity contribution in [2.45, 2.75) is 44.8 Å². The van der Waals surface area contributed by atoms with Gasteiger partial charge in [0.25, 0.3) is 0 Å². The topological polar surface area (TPSA) is 52.5 Å². The van der Waals surface area contributed by atoms with Crippen LogP contribution in [0.25, 0.3) is 0 Å². The van der Waals surface area contributed by atoms with Crippen LogP contribution in [0.1, 0.15) is 32.6 Å². The van der Waals surface area contributed by atoms with Crippen molar-refractivity contribution in [1.82, 2.24) is 5.32 Å². The van der Waals surface area contributed by atoms with E-state index in [-0.39, 0.29) is 6.61 Å². The number of nitrogens with one attached hydrogen (secondary N) is 1. The van der Waals surface area contributed by atoms with Gasteiger partial charge in [0.1, 0.15) is 0 Å². The minimum atomic E-state index is -0.598. The molecule has 1 atom stereocenters. The summed E-state index contributed by atoms with van der Waals surface area (Å²) in [6.45, 7) is 2.67. The Kier molecular flexibility index (Phi) is 4.70. The fourth-order valence-corrected chi connectivity index (χ4v) is 1.83. The van der Waals surface area contributed by atoms with Crippen molar-refractivity contribution in [3.05, 3.63) is 0 Å². The molecule has 0 aromatic rings. The summed E-state index contributed by atoms with van der Waals surface area (Å²) in [5.74, 6) is 0.862. The molecule has 78 valence electrons. The summed E-state index contributed by atoms with van der Waals surface area (Å²) in [5.41, 5.74) is 0. The molecular weight excluding hydrogens is 166 g/mol. The third-order valence-electron chi connectivity index (χ3n) is 2.87. The van der Waals surface area contributed by atoms with Gasteiger partial charge in [-0.1, -0.05) is 6.92 Å². The molecule has 0 radical (unpaired) electrons. The van der Waals surface area contributed by atoms with Crippen LogP contribution in [0.2, 0.25) is 0 Å². The summed E-state index contributed by atoms with van der Waals surface area (Å²) >= 11 is 0. The second-order valence-corrected chi connectivity index (χ2v) is 4.20. The van der Waals surface area contributed by atoms with Gasteiger partial charge in [-0.2, -0.15) is 0 Å². The van der Waals surface area contributed by atoms with Gasteiger partial charge in [0.15, 0.2) is 0 Å². The molecule has 13 heavy (non-hydrogen) atoms. The largest absolute Gasteiger partial charge is 0.394 e. The lowest BCUT2D eigenvalue weighted by Crippen LogP contribution is -2.38. The van der Waals surface area contributed by atoms with Crippen LogP contribution in [-0.4, -0.2) is 35.5 Å². The molecule has 0 heterocycles. The van der Waals surface area contributed by atoms with Crippen molar-refractivity contribution in [1.29, 1.82) is 0 Å². The number of hydrogen-bond acceptors (Lipinski definition) is 3. The SMILES string of the molecule is CC1CCC(NCC(O)CO)CC1. The predicted octanol–water partition coefficient (Wildman–Crippen LogP) is 0.508. The molecule has 0 spiro atoms. The number of aliphatic hydroxyl groups excluding tert-OH is 2. The first-order chi connectivity index (χ1) is 6.22. The Hall–Kier alpha value is -0.120. The van der Waals surface area contributed by atoms with E-state index in [0.29, 0.717) is 12.6 Å². The first-order valence-electron chi connectivity index (χ1n) is 5.24. The average Bonchev–Trinajstić information content (AvgIpc) is 2.16. The second-order valence-electron chi connectivity index (χ2n) is 4.20. The Morgan fingerprint density at radius 3 is 2.46 bits per heavy atom. The highest BCUT2D eigenvalue weighted by Gasteiger charge is 2.17. The maximum Gasteiger partial charge on any atom is 0.0895 e. The standard InChI is InChI=1S/C10H21NO2/c1-8-2-4-9(5-3-8)11-6-10(13)7-12/h8-13H,2-7H2,1H3. The van der Waals surface area contributed by atoms with Crippen molar-refractivity contribution < 1.29 is 10.2 Å². The quantitative estimate of drug-likeness (QED) is 0.601. The molecule has 1 saturated carbocycles. The first kappa shape index (κ1) is 11.0. The van der Waals surface area contributed by atoms with E-state index >= 15 is 0 Å². The van der Waals surface area contributed by atoms with Gasteiger partial charge in [-0.15, -0.1) is 0 Å². The fraction of sp³-hybridized carbons (Fsp3) is 1.00. The van der Waals surface area contributed by atoms with Crippen LogP contribution in [0, 0.1) is 5.92 Å². The van der Waals surface area contributed by atoms with E-state index in [2.05, 4.69) is 12.2 Å². The molecular formula is C10H21NO2. The average molecular weight is 187 g/mol. The monoisotopic (exact) mass is 187 g/mol. The van der Waals surface area contributed by atoms with E-state index in [9.17, 15) is 0 Å². The minimum Gasteiger partial charge on any atom is -0.394 e. The third kappa shape index (κ3) is 4.07. The van der Waals surface area contributed by atoms with E-state index < -0.39 is 6.10 Å². The Morgan fingerprint density at radius 2 is 1.92 bits per heavy atom. The first-order valence-corrected chi connectivity index (χ1v) is 5.24. The Morgan fingerprint density at radius 1 is 1.31 bits per heavy atom. The number of hydrogen-bond donors (Lipinski definition) is 3. The van der Waals surface area contributed by atoms with Crippen molar-refractivity contribution in [2.24, 2.45) is 5.92 Å². The van der Waals surface area contributed by atoms with Gasteiger partial charge in [-0.3, -0.25) is 0 Å². The molecule has 1 aliphatic rings. The second kappa shape index (κ2) is 5.58. The van der Waals surface area contributed by atoms with Gasteiger partial charge in [0.05, 0.1) is 12.7 Å². The maximum absolute atomic E-state index is 9.13. The lowest BCUT2D eigenvalue weighted by atomic mass is 9.87. The lowest BCUT2D eigenvalue weighted by molar-refractivity contribution is 0.0896. The molecule has 0 bridgehead atoms. The highest BCUT2D eigenvalue weighted by atomic mass is 16.3. The Bertz CT molecular complexity index is 133. The van der Waals surface area contributed by atoms with Gasteiger partial charge in [0.2, 0.25) is 0 Å². The molecule has 1 fully saturated rings. The van der Waals surface area contributed by atoms with Crippen molar-refractivity contribution >= 4 is 0 Å². The van der Waals surface area contributed by atoms with E-state index in [1.54, 1.807) is 0 Å². The van der Waals surface area contributed by atoms with Gasteiger partial charge in [-0.05, 0) is 31.6 Å². The normalized spacial score (nSPS) is 31.6. The molecule has 0 saturated heterocycles. The van der Waals surface area contributed by atoms with Crippen molar-refractivity contribution in [3.63, 3.8) is 0 Å². The van der Waals surface area contributed by atoms with Crippen molar-refractivity contribution in [2.75, 3.05) is 13.2 Å². The van der Waals surface area contributed by atoms with Crippen LogP contribution in [0.15, 0.2) is 0 Å².